The highest BCUT2D eigenvalue weighted by Gasteiger charge is 2.53. The average molecular weight is 517 g/mol. The second kappa shape index (κ2) is 9.87. The van der Waals surface area contributed by atoms with Crippen molar-refractivity contribution in [2.75, 3.05) is 36.1 Å². The van der Waals surface area contributed by atoms with Crippen molar-refractivity contribution in [1.29, 1.82) is 5.41 Å². The number of alkyl halides is 1. The quantitative estimate of drug-likeness (QED) is 0.248. The lowest BCUT2D eigenvalue weighted by molar-refractivity contribution is 0.191. The third kappa shape index (κ3) is 4.99. The second-order valence-electron chi connectivity index (χ2n) is 8.44. The van der Waals surface area contributed by atoms with Gasteiger partial charge in [-0.1, -0.05) is 17.7 Å². The van der Waals surface area contributed by atoms with E-state index in [0.717, 1.165) is 23.4 Å². The molecule has 7 nitrogen and oxygen atoms in total. The lowest BCUT2D eigenvalue weighted by atomic mass is 10.1. The smallest absolute Gasteiger partial charge is 0.228 e. The molecule has 2 heterocycles. The first-order chi connectivity index (χ1) is 17.0. The molecule has 2 fully saturated rings. The van der Waals surface area contributed by atoms with Gasteiger partial charge in [0.2, 0.25) is 12.8 Å². The van der Waals surface area contributed by atoms with Crippen LogP contribution in [0.1, 0.15) is 18.4 Å². The minimum absolute atomic E-state index is 0.192. The van der Waals surface area contributed by atoms with Gasteiger partial charge < -0.3 is 19.3 Å². The highest BCUT2D eigenvalue weighted by Crippen LogP contribution is 2.46. The van der Waals surface area contributed by atoms with Crippen molar-refractivity contribution in [2.45, 2.75) is 23.3 Å². The zero-order chi connectivity index (χ0) is 24.4. The molecule has 1 spiro atoms. The van der Waals surface area contributed by atoms with Crippen LogP contribution < -0.4 is 14.4 Å². The molecule has 1 saturated carbocycles. The van der Waals surface area contributed by atoms with Gasteiger partial charge in [0, 0.05) is 24.5 Å². The van der Waals surface area contributed by atoms with Crippen LogP contribution in [0.2, 0.25) is 5.02 Å². The molecule has 1 aliphatic heterocycles. The topological polar surface area (TPSA) is 77.4 Å². The molecule has 182 valence electrons. The highest BCUT2D eigenvalue weighted by atomic mass is 35.5. The Balaban J connectivity index is 1.32. The van der Waals surface area contributed by atoms with Crippen molar-refractivity contribution in [3.63, 3.8) is 0 Å². The maximum absolute atomic E-state index is 13.3. The number of amidine groups is 1. The van der Waals surface area contributed by atoms with Crippen LogP contribution in [-0.2, 0) is 0 Å². The maximum atomic E-state index is 13.3. The van der Waals surface area contributed by atoms with Crippen molar-refractivity contribution < 1.29 is 13.5 Å². The standard InChI is InChI=1S/C24H23ClF2N6OS/c25-19-2-1-3-20(31-35-18-6-4-17(5-7-18)34-15-26)21(19)22(28)33-11-10-32(14-24(33)8-9-24)23-29-12-16(27)13-30-23/h1-7,12-13,28,31H,8-11,14-15H2. The molecule has 1 aromatic heterocycles. The molecule has 0 amide bonds. The first kappa shape index (κ1) is 23.6. The monoisotopic (exact) mass is 516 g/mol. The predicted molar refractivity (Wildman–Crippen MR) is 134 cm³/mol. The van der Waals surface area contributed by atoms with Crippen molar-refractivity contribution in [1.82, 2.24) is 14.9 Å². The number of piperazine rings is 1. The van der Waals surface area contributed by atoms with Gasteiger partial charge in [-0.15, -0.1) is 0 Å². The Labute approximate surface area is 211 Å². The van der Waals surface area contributed by atoms with Gasteiger partial charge >= 0.3 is 0 Å². The Morgan fingerprint density at radius 1 is 1.14 bits per heavy atom. The number of rotatable bonds is 7. The number of ether oxygens (including phenoxy) is 1. The van der Waals surface area contributed by atoms with E-state index in [2.05, 4.69) is 19.6 Å². The van der Waals surface area contributed by atoms with E-state index in [0.29, 0.717) is 47.8 Å². The number of aromatic nitrogens is 2. The van der Waals surface area contributed by atoms with Gasteiger partial charge in [0.05, 0.1) is 34.2 Å². The summed E-state index contributed by atoms with van der Waals surface area (Å²) in [7, 11) is 0. The zero-order valence-electron chi connectivity index (χ0n) is 18.7. The largest absolute Gasteiger partial charge is 0.463 e. The molecule has 0 radical (unpaired) electrons. The summed E-state index contributed by atoms with van der Waals surface area (Å²) in [5, 5.41) is 9.59. The predicted octanol–water partition coefficient (Wildman–Crippen LogP) is 5.37. The third-order valence-corrected chi connectivity index (χ3v) is 7.36. The Morgan fingerprint density at radius 3 is 2.57 bits per heavy atom. The summed E-state index contributed by atoms with van der Waals surface area (Å²) >= 11 is 7.97. The van der Waals surface area contributed by atoms with Gasteiger partial charge in [-0.3, -0.25) is 5.41 Å². The summed E-state index contributed by atoms with van der Waals surface area (Å²) < 4.78 is 33.8. The molecule has 0 atom stereocenters. The van der Waals surface area contributed by atoms with Gasteiger partial charge in [-0.05, 0) is 61.2 Å². The van der Waals surface area contributed by atoms with Gasteiger partial charge in [0.15, 0.2) is 5.82 Å². The minimum Gasteiger partial charge on any atom is -0.463 e. The number of benzene rings is 2. The van der Waals surface area contributed by atoms with Crippen LogP contribution in [-0.4, -0.2) is 52.7 Å². The van der Waals surface area contributed by atoms with Crippen LogP contribution in [0.15, 0.2) is 59.8 Å². The molecule has 35 heavy (non-hydrogen) atoms. The molecule has 3 aromatic rings. The summed E-state index contributed by atoms with van der Waals surface area (Å²) in [4.78, 5) is 13.3. The van der Waals surface area contributed by atoms with Crippen LogP contribution in [0.25, 0.3) is 0 Å². The first-order valence-electron chi connectivity index (χ1n) is 11.1. The molecule has 0 bridgehead atoms. The van der Waals surface area contributed by atoms with E-state index in [9.17, 15) is 8.78 Å². The van der Waals surface area contributed by atoms with Crippen molar-refractivity contribution in [2.24, 2.45) is 0 Å². The van der Waals surface area contributed by atoms with Crippen molar-refractivity contribution in [3.8, 4) is 5.75 Å². The number of hydrogen-bond donors (Lipinski definition) is 2. The molecule has 1 saturated heterocycles. The fraction of sp³-hybridized carbons (Fsp3) is 0.292. The Hall–Kier alpha value is -3.11. The van der Waals surface area contributed by atoms with E-state index >= 15 is 0 Å². The number of hydrogen-bond acceptors (Lipinski definition) is 7. The fourth-order valence-electron chi connectivity index (χ4n) is 4.30. The van der Waals surface area contributed by atoms with Crippen LogP contribution in [0.5, 0.6) is 5.75 Å². The van der Waals surface area contributed by atoms with E-state index in [4.69, 9.17) is 21.7 Å². The lowest BCUT2D eigenvalue weighted by Crippen LogP contribution is -2.57. The van der Waals surface area contributed by atoms with Gasteiger partial charge in [0.1, 0.15) is 11.6 Å². The van der Waals surface area contributed by atoms with E-state index in [1.807, 2.05) is 29.2 Å². The highest BCUT2D eigenvalue weighted by molar-refractivity contribution is 8.00. The van der Waals surface area contributed by atoms with Gasteiger partial charge in [0.25, 0.3) is 0 Å². The van der Waals surface area contributed by atoms with Crippen molar-refractivity contribution in [3.05, 3.63) is 71.3 Å². The van der Waals surface area contributed by atoms with Crippen LogP contribution >= 0.6 is 23.5 Å². The number of anilines is 2. The van der Waals surface area contributed by atoms with E-state index in [-0.39, 0.29) is 5.54 Å². The number of halogens is 3. The summed E-state index contributed by atoms with van der Waals surface area (Å²) in [5.74, 6) is 0.865. The average Bonchev–Trinajstić information content (AvgIpc) is 3.63. The van der Waals surface area contributed by atoms with Gasteiger partial charge in [-0.2, -0.15) is 0 Å². The normalized spacial score (nSPS) is 16.3. The number of nitrogens with zero attached hydrogens (tertiary/aromatic N) is 4. The third-order valence-electron chi connectivity index (χ3n) is 6.21. The van der Waals surface area contributed by atoms with Crippen LogP contribution in [0, 0.1) is 11.2 Å². The van der Waals surface area contributed by atoms with E-state index in [1.165, 1.54) is 24.3 Å². The van der Waals surface area contributed by atoms with E-state index in [1.54, 1.807) is 18.2 Å². The summed E-state index contributed by atoms with van der Waals surface area (Å²) in [6, 6.07) is 12.6. The SMILES string of the molecule is N=C(c1c(Cl)cccc1NSc1ccc(OCF)cc1)N1CCN(c2ncc(F)cn2)CC12CC2. The summed E-state index contributed by atoms with van der Waals surface area (Å²) in [6.45, 7) is 1.01. The zero-order valence-corrected chi connectivity index (χ0v) is 20.3. The molecular formula is C24H23ClF2N6OS. The Bertz CT molecular complexity index is 1210. The lowest BCUT2D eigenvalue weighted by Gasteiger charge is -2.43. The molecule has 2 N–H and O–H groups in total. The molecular weight excluding hydrogens is 494 g/mol. The molecule has 5 rings (SSSR count). The fourth-order valence-corrected chi connectivity index (χ4v) is 5.24. The Morgan fingerprint density at radius 2 is 1.89 bits per heavy atom. The van der Waals surface area contributed by atoms with Crippen LogP contribution in [0.4, 0.5) is 20.4 Å². The van der Waals surface area contributed by atoms with Crippen LogP contribution in [0.3, 0.4) is 0 Å². The first-order valence-corrected chi connectivity index (χ1v) is 12.3. The maximum Gasteiger partial charge on any atom is 0.228 e. The molecule has 2 aliphatic rings. The minimum atomic E-state index is -0.870. The Kier molecular flexibility index (Phi) is 6.66. The van der Waals surface area contributed by atoms with Crippen molar-refractivity contribution >= 4 is 41.0 Å². The summed E-state index contributed by atoms with van der Waals surface area (Å²) in [5.41, 5.74) is 1.18. The molecule has 0 unspecified atom stereocenters. The number of nitrogens with one attached hydrogen (secondary N) is 2. The molecule has 1 aliphatic carbocycles. The van der Waals surface area contributed by atoms with E-state index < -0.39 is 12.7 Å². The molecule has 2 aromatic carbocycles. The second-order valence-corrected chi connectivity index (χ2v) is 9.73. The molecule has 11 heteroatoms. The summed E-state index contributed by atoms with van der Waals surface area (Å²) in [6.07, 6.45) is 4.25. The van der Waals surface area contributed by atoms with Gasteiger partial charge in [-0.25, -0.2) is 18.7 Å².